The van der Waals surface area contributed by atoms with E-state index >= 15 is 0 Å². The van der Waals surface area contributed by atoms with Crippen molar-refractivity contribution in [3.63, 3.8) is 0 Å². The van der Waals surface area contributed by atoms with E-state index in [4.69, 9.17) is 0 Å². The molecule has 0 saturated carbocycles. The van der Waals surface area contributed by atoms with Crippen LogP contribution in [-0.2, 0) is 0 Å². The van der Waals surface area contributed by atoms with Gasteiger partial charge in [0.05, 0.1) is 6.17 Å². The molecule has 0 amide bonds. The van der Waals surface area contributed by atoms with Gasteiger partial charge in [-0.05, 0) is 43.7 Å². The Balaban J connectivity index is 3.87. The summed E-state index contributed by atoms with van der Waals surface area (Å²) in [4.78, 5) is 0. The van der Waals surface area contributed by atoms with Crippen molar-refractivity contribution in [2.75, 3.05) is 0 Å². The zero-order valence-electron chi connectivity index (χ0n) is 9.39. The van der Waals surface area contributed by atoms with Gasteiger partial charge in [0.25, 0.3) is 0 Å². The van der Waals surface area contributed by atoms with Crippen molar-refractivity contribution >= 4 is 9.24 Å². The Morgan fingerprint density at radius 2 is 1.54 bits per heavy atom. The van der Waals surface area contributed by atoms with Crippen LogP contribution in [0.5, 0.6) is 0 Å². The molecule has 4 unspecified atom stereocenters. The van der Waals surface area contributed by atoms with Gasteiger partial charge in [-0.3, -0.25) is 0 Å². The SMILES string of the molecule is CC(C)CC(CC(C)F)CC(C)P. The Kier molecular flexibility index (Phi) is 6.95. The van der Waals surface area contributed by atoms with E-state index in [1.54, 1.807) is 6.92 Å². The number of hydrogen-bond acceptors (Lipinski definition) is 0. The lowest BCUT2D eigenvalue weighted by Crippen LogP contribution is -2.13. The predicted octanol–water partition coefficient (Wildman–Crippen LogP) is 4.05. The lowest BCUT2D eigenvalue weighted by atomic mass is 9.89. The Morgan fingerprint density at radius 1 is 1.00 bits per heavy atom. The quantitative estimate of drug-likeness (QED) is 0.575. The first-order chi connectivity index (χ1) is 5.91. The summed E-state index contributed by atoms with van der Waals surface area (Å²) in [5.41, 5.74) is 0.613. The third kappa shape index (κ3) is 8.68. The van der Waals surface area contributed by atoms with Gasteiger partial charge in [0.15, 0.2) is 0 Å². The molecule has 0 heterocycles. The minimum absolute atomic E-state index is 0.562. The monoisotopic (exact) mass is 206 g/mol. The molecule has 0 nitrogen and oxygen atoms in total. The molecule has 4 atom stereocenters. The van der Waals surface area contributed by atoms with Crippen molar-refractivity contribution < 1.29 is 4.39 Å². The topological polar surface area (TPSA) is 0 Å². The molecule has 0 aromatic carbocycles. The predicted molar refractivity (Wildman–Crippen MR) is 61.9 cm³/mol. The van der Waals surface area contributed by atoms with Crippen LogP contribution in [-0.4, -0.2) is 11.8 Å². The fourth-order valence-electron chi connectivity index (χ4n) is 1.94. The fraction of sp³-hybridized carbons (Fsp3) is 1.00. The summed E-state index contributed by atoms with van der Waals surface area (Å²) < 4.78 is 12.8. The maximum absolute atomic E-state index is 12.8. The lowest BCUT2D eigenvalue weighted by molar-refractivity contribution is 0.255. The molecule has 0 aromatic heterocycles. The van der Waals surface area contributed by atoms with Gasteiger partial charge in [-0.15, -0.1) is 9.24 Å². The average Bonchev–Trinajstić information content (AvgIpc) is 1.80. The molecule has 0 aliphatic heterocycles. The van der Waals surface area contributed by atoms with E-state index in [1.165, 1.54) is 0 Å². The Morgan fingerprint density at radius 3 is 1.85 bits per heavy atom. The Labute approximate surface area is 84.9 Å². The van der Waals surface area contributed by atoms with Crippen LogP contribution in [0.4, 0.5) is 4.39 Å². The molecule has 2 heteroatoms. The summed E-state index contributed by atoms with van der Waals surface area (Å²) in [7, 11) is 2.80. The largest absolute Gasteiger partial charge is 0.248 e. The summed E-state index contributed by atoms with van der Waals surface area (Å²) in [5.74, 6) is 1.25. The van der Waals surface area contributed by atoms with Crippen molar-refractivity contribution in [2.24, 2.45) is 11.8 Å². The van der Waals surface area contributed by atoms with E-state index in [0.29, 0.717) is 17.5 Å². The van der Waals surface area contributed by atoms with Crippen LogP contribution in [0.15, 0.2) is 0 Å². The van der Waals surface area contributed by atoms with Crippen LogP contribution >= 0.6 is 9.24 Å². The van der Waals surface area contributed by atoms with E-state index in [1.807, 2.05) is 0 Å². The standard InChI is InChI=1S/C11H24FP/c1-8(2)5-11(6-9(3)12)7-10(4)13/h8-11H,5-7,13H2,1-4H3. The second kappa shape index (κ2) is 6.76. The lowest BCUT2D eigenvalue weighted by Gasteiger charge is -2.21. The first-order valence-electron chi connectivity index (χ1n) is 5.31. The smallest absolute Gasteiger partial charge is 0.0976 e. The third-order valence-corrected chi connectivity index (χ3v) is 2.44. The molecule has 0 aromatic rings. The molecule has 0 saturated heterocycles. The Hall–Kier alpha value is 0.360. The van der Waals surface area contributed by atoms with Crippen molar-refractivity contribution in [3.8, 4) is 0 Å². The highest BCUT2D eigenvalue weighted by Crippen LogP contribution is 2.25. The molecule has 0 rings (SSSR count). The molecule has 0 fully saturated rings. The van der Waals surface area contributed by atoms with E-state index in [-0.39, 0.29) is 0 Å². The minimum Gasteiger partial charge on any atom is -0.248 e. The van der Waals surface area contributed by atoms with Crippen molar-refractivity contribution in [1.29, 1.82) is 0 Å². The average molecular weight is 206 g/mol. The Bertz CT molecular complexity index is 97.5. The zero-order chi connectivity index (χ0) is 10.4. The van der Waals surface area contributed by atoms with Gasteiger partial charge in [0, 0.05) is 0 Å². The molecule has 0 radical (unpaired) electrons. The molecule has 0 aliphatic rings. The fourth-order valence-corrected chi connectivity index (χ4v) is 2.33. The molecule has 80 valence electrons. The van der Waals surface area contributed by atoms with Crippen molar-refractivity contribution in [3.05, 3.63) is 0 Å². The molecule has 0 N–H and O–H groups in total. The van der Waals surface area contributed by atoms with Crippen LogP contribution < -0.4 is 0 Å². The molecular formula is C11H24FP. The number of hydrogen-bond donors (Lipinski definition) is 0. The van der Waals surface area contributed by atoms with Crippen LogP contribution in [0.2, 0.25) is 0 Å². The van der Waals surface area contributed by atoms with Crippen LogP contribution in [0.25, 0.3) is 0 Å². The molecule has 13 heavy (non-hydrogen) atoms. The summed E-state index contributed by atoms with van der Waals surface area (Å²) in [6, 6.07) is 0. The highest BCUT2D eigenvalue weighted by molar-refractivity contribution is 7.17. The minimum atomic E-state index is -0.646. The molecule has 0 aliphatic carbocycles. The van der Waals surface area contributed by atoms with Crippen molar-refractivity contribution in [1.82, 2.24) is 0 Å². The second-order valence-electron chi connectivity index (χ2n) is 4.73. The molecule has 0 spiro atoms. The normalized spacial score (nSPS) is 18.7. The van der Waals surface area contributed by atoms with Crippen molar-refractivity contribution in [2.45, 2.75) is 58.8 Å². The van der Waals surface area contributed by atoms with Gasteiger partial charge in [-0.25, -0.2) is 4.39 Å². The van der Waals surface area contributed by atoms with Gasteiger partial charge in [0.1, 0.15) is 0 Å². The highest BCUT2D eigenvalue weighted by atomic mass is 31.0. The van der Waals surface area contributed by atoms with Gasteiger partial charge >= 0.3 is 0 Å². The second-order valence-corrected chi connectivity index (χ2v) is 5.86. The van der Waals surface area contributed by atoms with Gasteiger partial charge in [-0.2, -0.15) is 0 Å². The number of halogens is 1. The van der Waals surface area contributed by atoms with Crippen LogP contribution in [0, 0.1) is 11.8 Å². The van der Waals surface area contributed by atoms with E-state index < -0.39 is 6.17 Å². The van der Waals surface area contributed by atoms with Gasteiger partial charge in [0.2, 0.25) is 0 Å². The number of rotatable bonds is 6. The summed E-state index contributed by atoms with van der Waals surface area (Å²) >= 11 is 0. The first kappa shape index (κ1) is 13.4. The van der Waals surface area contributed by atoms with E-state index in [9.17, 15) is 4.39 Å². The summed E-state index contributed by atoms with van der Waals surface area (Å²) in [6.45, 7) is 8.27. The first-order valence-corrected chi connectivity index (χ1v) is 5.98. The zero-order valence-corrected chi connectivity index (χ0v) is 10.5. The van der Waals surface area contributed by atoms with Crippen LogP contribution in [0.3, 0.4) is 0 Å². The van der Waals surface area contributed by atoms with Gasteiger partial charge < -0.3 is 0 Å². The van der Waals surface area contributed by atoms with E-state index in [2.05, 4.69) is 30.0 Å². The highest BCUT2D eigenvalue weighted by Gasteiger charge is 2.15. The molecular weight excluding hydrogens is 182 g/mol. The molecule has 0 bridgehead atoms. The summed E-state index contributed by atoms with van der Waals surface area (Å²) in [5, 5.41) is 0. The maximum Gasteiger partial charge on any atom is 0.0976 e. The number of alkyl halides is 1. The van der Waals surface area contributed by atoms with Gasteiger partial charge in [-0.1, -0.05) is 20.8 Å². The third-order valence-electron chi connectivity index (χ3n) is 2.17. The van der Waals surface area contributed by atoms with E-state index in [0.717, 1.165) is 19.3 Å². The summed E-state index contributed by atoms with van der Waals surface area (Å²) in [6.07, 6.45) is 2.38. The maximum atomic E-state index is 12.8. The van der Waals surface area contributed by atoms with Crippen LogP contribution in [0.1, 0.15) is 47.0 Å².